The Balaban J connectivity index is 1.75. The van der Waals surface area contributed by atoms with Crippen LogP contribution >= 0.6 is 0 Å². The van der Waals surface area contributed by atoms with Gasteiger partial charge in [-0.25, -0.2) is 8.78 Å². The average molecular weight is 274 g/mol. The van der Waals surface area contributed by atoms with Crippen molar-refractivity contribution in [1.82, 2.24) is 5.32 Å². The van der Waals surface area contributed by atoms with Gasteiger partial charge in [-0.3, -0.25) is 10.1 Å². The minimum atomic E-state index is -0.518. The maximum absolute atomic E-state index is 13.1. The average Bonchev–Trinajstić information content (AvgIpc) is 2.73. The highest BCUT2D eigenvalue weighted by molar-refractivity contribution is 6.02. The predicted molar refractivity (Wildman–Crippen MR) is 71.0 cm³/mol. The zero-order valence-corrected chi connectivity index (χ0v) is 10.5. The zero-order valence-electron chi connectivity index (χ0n) is 10.5. The Bertz CT molecular complexity index is 655. The number of halogens is 2. The van der Waals surface area contributed by atoms with Crippen LogP contribution in [-0.4, -0.2) is 5.91 Å². The normalized spacial score (nSPS) is 16.9. The molecule has 0 saturated carbocycles. The van der Waals surface area contributed by atoms with Gasteiger partial charge in [0.05, 0.1) is 0 Å². The van der Waals surface area contributed by atoms with Crippen molar-refractivity contribution in [2.45, 2.75) is 12.6 Å². The molecule has 3 nitrogen and oxygen atoms in total. The Morgan fingerprint density at radius 3 is 2.50 bits per heavy atom. The van der Waals surface area contributed by atoms with Gasteiger partial charge in [0.2, 0.25) is 5.91 Å². The number of carbonyl (C=O) groups is 1. The fraction of sp³-hybridized carbons (Fsp3) is 0.133. The van der Waals surface area contributed by atoms with E-state index in [2.05, 4.69) is 10.6 Å². The molecule has 0 saturated heterocycles. The lowest BCUT2D eigenvalue weighted by Gasteiger charge is -2.11. The van der Waals surface area contributed by atoms with Crippen LogP contribution in [0.5, 0.6) is 0 Å². The van der Waals surface area contributed by atoms with Crippen molar-refractivity contribution >= 4 is 11.6 Å². The molecule has 20 heavy (non-hydrogen) atoms. The molecule has 1 aliphatic rings. The fourth-order valence-electron chi connectivity index (χ4n) is 2.26. The molecule has 2 N–H and O–H groups in total. The van der Waals surface area contributed by atoms with Crippen molar-refractivity contribution in [2.24, 2.45) is 0 Å². The van der Waals surface area contributed by atoms with Gasteiger partial charge in [-0.1, -0.05) is 18.2 Å². The number of hydrogen-bond donors (Lipinski definition) is 2. The van der Waals surface area contributed by atoms with E-state index >= 15 is 0 Å². The Morgan fingerprint density at radius 2 is 1.75 bits per heavy atom. The molecule has 5 heteroatoms. The molecule has 0 spiro atoms. The molecule has 1 aliphatic heterocycles. The van der Waals surface area contributed by atoms with E-state index in [1.807, 2.05) is 0 Å². The summed E-state index contributed by atoms with van der Waals surface area (Å²) in [6.45, 7) is 0.426. The van der Waals surface area contributed by atoms with Gasteiger partial charge < -0.3 is 5.32 Å². The second-order valence-corrected chi connectivity index (χ2v) is 4.66. The lowest BCUT2D eigenvalue weighted by atomic mass is 10.1. The van der Waals surface area contributed by atoms with Crippen LogP contribution in [0.2, 0.25) is 0 Å². The van der Waals surface area contributed by atoms with Crippen LogP contribution in [-0.2, 0) is 11.3 Å². The number of rotatable bonds is 3. The first-order valence-corrected chi connectivity index (χ1v) is 6.21. The minimum Gasteiger partial charge on any atom is -0.324 e. The molecule has 0 fully saturated rings. The summed E-state index contributed by atoms with van der Waals surface area (Å²) in [5.74, 6) is -0.899. The quantitative estimate of drug-likeness (QED) is 0.903. The molecule has 2 aromatic rings. The zero-order chi connectivity index (χ0) is 14.1. The first kappa shape index (κ1) is 12.7. The molecule has 102 valence electrons. The lowest BCUT2D eigenvalue weighted by molar-refractivity contribution is -0.117. The van der Waals surface area contributed by atoms with E-state index in [9.17, 15) is 13.6 Å². The van der Waals surface area contributed by atoms with Crippen LogP contribution in [0.3, 0.4) is 0 Å². The van der Waals surface area contributed by atoms with Gasteiger partial charge in [0.1, 0.15) is 17.7 Å². The van der Waals surface area contributed by atoms with E-state index in [-0.39, 0.29) is 17.5 Å². The van der Waals surface area contributed by atoms with Crippen molar-refractivity contribution in [3.8, 4) is 0 Å². The third-order valence-corrected chi connectivity index (χ3v) is 3.27. The molecule has 0 aromatic heterocycles. The Labute approximate surface area is 114 Å². The third kappa shape index (κ3) is 2.40. The molecule has 0 radical (unpaired) electrons. The highest BCUT2D eigenvalue weighted by atomic mass is 19.1. The molecule has 3 rings (SSSR count). The Kier molecular flexibility index (Phi) is 3.20. The lowest BCUT2D eigenvalue weighted by Crippen LogP contribution is -2.27. The first-order chi connectivity index (χ1) is 9.63. The number of amides is 1. The smallest absolute Gasteiger partial charge is 0.246 e. The van der Waals surface area contributed by atoms with Gasteiger partial charge >= 0.3 is 0 Å². The van der Waals surface area contributed by atoms with Crippen molar-refractivity contribution in [2.75, 3.05) is 5.32 Å². The molecule has 1 heterocycles. The number of fused-ring (bicyclic) bond motifs is 1. The monoisotopic (exact) mass is 274 g/mol. The van der Waals surface area contributed by atoms with Gasteiger partial charge in [-0.2, -0.15) is 0 Å². The standard InChI is InChI=1S/C15H12F2N2O/c16-10-3-1-9(2-4-10)8-18-14-12-6-5-11(17)7-13(12)19-15(14)20/h1-7,14,18H,8H2,(H,19,20). The van der Waals surface area contributed by atoms with E-state index in [1.54, 1.807) is 18.2 Å². The molecule has 0 bridgehead atoms. The van der Waals surface area contributed by atoms with Gasteiger partial charge in [-0.05, 0) is 29.8 Å². The summed E-state index contributed by atoms with van der Waals surface area (Å²) in [5.41, 5.74) is 2.08. The largest absolute Gasteiger partial charge is 0.324 e. The van der Waals surface area contributed by atoms with E-state index in [4.69, 9.17) is 0 Å². The molecule has 1 amide bonds. The number of benzene rings is 2. The maximum Gasteiger partial charge on any atom is 0.246 e. The van der Waals surface area contributed by atoms with Gasteiger partial charge in [0, 0.05) is 17.8 Å². The van der Waals surface area contributed by atoms with Crippen molar-refractivity contribution in [3.63, 3.8) is 0 Å². The second-order valence-electron chi connectivity index (χ2n) is 4.66. The summed E-state index contributed by atoms with van der Waals surface area (Å²) in [6, 6.07) is 9.74. The van der Waals surface area contributed by atoms with Crippen molar-refractivity contribution in [3.05, 3.63) is 65.2 Å². The molecule has 2 aromatic carbocycles. The van der Waals surface area contributed by atoms with Crippen LogP contribution < -0.4 is 10.6 Å². The van der Waals surface area contributed by atoms with E-state index in [0.717, 1.165) is 11.1 Å². The van der Waals surface area contributed by atoms with Crippen LogP contribution in [0.25, 0.3) is 0 Å². The van der Waals surface area contributed by atoms with E-state index < -0.39 is 6.04 Å². The Hall–Kier alpha value is -2.27. The second kappa shape index (κ2) is 5.02. The van der Waals surface area contributed by atoms with Gasteiger partial charge in [0.15, 0.2) is 0 Å². The predicted octanol–water partition coefficient (Wildman–Crippen LogP) is 2.75. The molecule has 1 unspecified atom stereocenters. The first-order valence-electron chi connectivity index (χ1n) is 6.21. The van der Waals surface area contributed by atoms with Crippen LogP contribution in [0.1, 0.15) is 17.2 Å². The number of carbonyl (C=O) groups excluding carboxylic acids is 1. The topological polar surface area (TPSA) is 41.1 Å². The fourth-order valence-corrected chi connectivity index (χ4v) is 2.26. The third-order valence-electron chi connectivity index (χ3n) is 3.27. The van der Waals surface area contributed by atoms with Crippen molar-refractivity contribution < 1.29 is 13.6 Å². The number of anilines is 1. The van der Waals surface area contributed by atoms with Crippen molar-refractivity contribution in [1.29, 1.82) is 0 Å². The SMILES string of the molecule is O=C1Nc2cc(F)ccc2C1NCc1ccc(F)cc1. The summed E-state index contributed by atoms with van der Waals surface area (Å²) >= 11 is 0. The van der Waals surface area contributed by atoms with Gasteiger partial charge in [0.25, 0.3) is 0 Å². The highest BCUT2D eigenvalue weighted by Gasteiger charge is 2.30. The van der Waals surface area contributed by atoms with E-state index in [1.165, 1.54) is 24.3 Å². The van der Waals surface area contributed by atoms with E-state index in [0.29, 0.717) is 12.2 Å². The molecular weight excluding hydrogens is 262 g/mol. The summed E-state index contributed by atoms with van der Waals surface area (Å²) in [5, 5.41) is 5.72. The summed E-state index contributed by atoms with van der Waals surface area (Å²) in [4.78, 5) is 11.9. The van der Waals surface area contributed by atoms with Gasteiger partial charge in [-0.15, -0.1) is 0 Å². The molecule has 0 aliphatic carbocycles. The molecule has 1 atom stereocenters. The van der Waals surface area contributed by atoms with Crippen LogP contribution in [0.4, 0.5) is 14.5 Å². The molecular formula is C15H12F2N2O. The van der Waals surface area contributed by atoms with Crippen LogP contribution in [0, 0.1) is 11.6 Å². The maximum atomic E-state index is 13.1. The number of nitrogens with one attached hydrogen (secondary N) is 2. The minimum absolute atomic E-state index is 0.215. The summed E-state index contributed by atoms with van der Waals surface area (Å²) < 4.78 is 25.9. The highest BCUT2D eigenvalue weighted by Crippen LogP contribution is 2.31. The summed E-state index contributed by atoms with van der Waals surface area (Å²) in [7, 11) is 0. The summed E-state index contributed by atoms with van der Waals surface area (Å²) in [6.07, 6.45) is 0. The Morgan fingerprint density at radius 1 is 1.05 bits per heavy atom. The number of hydrogen-bond acceptors (Lipinski definition) is 2. The van der Waals surface area contributed by atoms with Crippen LogP contribution in [0.15, 0.2) is 42.5 Å².